The molecule has 0 aliphatic rings. The third-order valence-electron chi connectivity index (χ3n) is 4.30. The molecule has 0 saturated heterocycles. The van der Waals surface area contributed by atoms with Gasteiger partial charge in [-0.05, 0) is 36.8 Å². The zero-order chi connectivity index (χ0) is 22.2. The van der Waals surface area contributed by atoms with Crippen LogP contribution in [0.3, 0.4) is 0 Å². The fraction of sp³-hybridized carbons (Fsp3) is 0.227. The van der Waals surface area contributed by atoms with Gasteiger partial charge in [-0.3, -0.25) is 4.79 Å². The molecule has 9 heteroatoms. The van der Waals surface area contributed by atoms with Crippen LogP contribution in [0.4, 0.5) is 5.82 Å². The minimum Gasteiger partial charge on any atom is -0.493 e. The van der Waals surface area contributed by atoms with Crippen LogP contribution in [0, 0.1) is 0 Å². The van der Waals surface area contributed by atoms with Crippen LogP contribution in [-0.2, 0) is 16.1 Å². The number of amides is 1. The van der Waals surface area contributed by atoms with Crippen LogP contribution in [-0.4, -0.2) is 42.0 Å². The van der Waals surface area contributed by atoms with Crippen molar-refractivity contribution in [2.75, 3.05) is 25.6 Å². The Labute approximate surface area is 184 Å². The summed E-state index contributed by atoms with van der Waals surface area (Å²) in [7, 11) is 1.48. The van der Waals surface area contributed by atoms with Crippen LogP contribution in [0.25, 0.3) is 0 Å². The van der Waals surface area contributed by atoms with Crippen LogP contribution < -0.4 is 14.8 Å². The van der Waals surface area contributed by atoms with Gasteiger partial charge in [0.25, 0.3) is 5.91 Å². The maximum Gasteiger partial charge on any atom is 0.338 e. The Morgan fingerprint density at radius 2 is 1.94 bits per heavy atom. The average molecular weight is 444 g/mol. The highest BCUT2D eigenvalue weighted by Gasteiger charge is 2.15. The number of esters is 1. The van der Waals surface area contributed by atoms with E-state index in [0.717, 1.165) is 5.56 Å². The molecule has 0 radical (unpaired) electrons. The number of carbonyl (C=O) groups excluding carboxylic acids is 2. The maximum atomic E-state index is 12.3. The molecule has 31 heavy (non-hydrogen) atoms. The first-order valence-corrected chi connectivity index (χ1v) is 9.92. The second-order valence-electron chi connectivity index (χ2n) is 6.39. The Hall–Kier alpha value is -3.52. The average Bonchev–Trinajstić information content (AvgIpc) is 3.20. The van der Waals surface area contributed by atoms with Gasteiger partial charge in [0.2, 0.25) is 0 Å². The molecule has 0 aliphatic heterocycles. The number of nitrogens with one attached hydrogen (secondary N) is 1. The highest BCUT2D eigenvalue weighted by molar-refractivity contribution is 6.31. The topological polar surface area (TPSA) is 91.7 Å². The summed E-state index contributed by atoms with van der Waals surface area (Å²) >= 11 is 6.19. The van der Waals surface area contributed by atoms with Gasteiger partial charge in [-0.1, -0.05) is 29.8 Å². The molecule has 0 aliphatic carbocycles. The van der Waals surface area contributed by atoms with Gasteiger partial charge in [0.1, 0.15) is 5.82 Å². The number of methoxy groups -OCH3 is 1. The van der Waals surface area contributed by atoms with Crippen molar-refractivity contribution >= 4 is 29.3 Å². The van der Waals surface area contributed by atoms with Crippen molar-refractivity contribution in [2.24, 2.45) is 0 Å². The van der Waals surface area contributed by atoms with Gasteiger partial charge in [-0.25, -0.2) is 9.48 Å². The molecule has 0 atom stereocenters. The number of rotatable bonds is 9. The molecular formula is C22H22ClN3O5. The molecule has 0 bridgehead atoms. The molecule has 0 saturated carbocycles. The lowest BCUT2D eigenvalue weighted by Gasteiger charge is -2.12. The molecule has 0 unspecified atom stereocenters. The first-order chi connectivity index (χ1) is 15.0. The Morgan fingerprint density at radius 1 is 1.13 bits per heavy atom. The number of carbonyl (C=O) groups is 2. The monoisotopic (exact) mass is 443 g/mol. The van der Waals surface area contributed by atoms with E-state index in [1.54, 1.807) is 35.1 Å². The molecule has 0 fully saturated rings. The van der Waals surface area contributed by atoms with E-state index < -0.39 is 18.5 Å². The van der Waals surface area contributed by atoms with E-state index in [9.17, 15) is 9.59 Å². The Kier molecular flexibility index (Phi) is 7.50. The molecule has 3 aromatic rings. The second-order valence-corrected chi connectivity index (χ2v) is 6.80. The zero-order valence-electron chi connectivity index (χ0n) is 17.1. The van der Waals surface area contributed by atoms with Crippen LogP contribution in [0.5, 0.6) is 11.5 Å². The summed E-state index contributed by atoms with van der Waals surface area (Å²) in [6, 6.07) is 13.7. The normalized spacial score (nSPS) is 10.4. The quantitative estimate of drug-likeness (QED) is 0.506. The van der Waals surface area contributed by atoms with Crippen molar-refractivity contribution in [3.05, 3.63) is 70.9 Å². The fourth-order valence-electron chi connectivity index (χ4n) is 2.82. The molecule has 0 spiro atoms. The van der Waals surface area contributed by atoms with E-state index in [1.807, 2.05) is 25.1 Å². The highest BCUT2D eigenvalue weighted by atomic mass is 35.5. The minimum absolute atomic E-state index is 0.247. The predicted octanol–water partition coefficient (Wildman–Crippen LogP) is 3.79. The Morgan fingerprint density at radius 3 is 2.68 bits per heavy atom. The largest absolute Gasteiger partial charge is 0.493 e. The van der Waals surface area contributed by atoms with Crippen molar-refractivity contribution in [3.8, 4) is 11.5 Å². The second kappa shape index (κ2) is 10.5. The van der Waals surface area contributed by atoms with Crippen LogP contribution in [0.15, 0.2) is 54.7 Å². The van der Waals surface area contributed by atoms with Gasteiger partial charge >= 0.3 is 5.97 Å². The van der Waals surface area contributed by atoms with E-state index in [1.165, 1.54) is 13.2 Å². The maximum absolute atomic E-state index is 12.3. The SMILES string of the molecule is CCOc1ccc(C(=O)OCC(=O)Nc2ccnn2Cc2ccccc2Cl)cc1OC. The number of hydrogen-bond donors (Lipinski definition) is 1. The van der Waals surface area contributed by atoms with Crippen LogP contribution >= 0.6 is 11.6 Å². The van der Waals surface area contributed by atoms with Gasteiger partial charge in [-0.2, -0.15) is 5.10 Å². The highest BCUT2D eigenvalue weighted by Crippen LogP contribution is 2.28. The lowest BCUT2D eigenvalue weighted by Crippen LogP contribution is -2.22. The van der Waals surface area contributed by atoms with Gasteiger partial charge < -0.3 is 19.5 Å². The minimum atomic E-state index is -0.652. The third kappa shape index (κ3) is 5.76. The summed E-state index contributed by atoms with van der Waals surface area (Å²) < 4.78 is 17.4. The van der Waals surface area contributed by atoms with Crippen molar-refractivity contribution in [2.45, 2.75) is 13.5 Å². The fourth-order valence-corrected chi connectivity index (χ4v) is 3.01. The Balaban J connectivity index is 1.58. The van der Waals surface area contributed by atoms with Crippen molar-refractivity contribution in [1.82, 2.24) is 9.78 Å². The molecule has 1 aromatic heterocycles. The standard InChI is InChI=1S/C22H22ClN3O5/c1-3-30-18-9-8-15(12-19(18)29-2)22(28)31-14-21(27)25-20-10-11-24-26(20)13-16-6-4-5-7-17(16)23/h4-12H,3,13-14H2,1-2H3,(H,25,27). The predicted molar refractivity (Wildman–Crippen MR) is 116 cm³/mol. The smallest absolute Gasteiger partial charge is 0.338 e. The van der Waals surface area contributed by atoms with Gasteiger partial charge in [0, 0.05) is 11.1 Å². The number of hydrogen-bond acceptors (Lipinski definition) is 6. The molecule has 2 aromatic carbocycles. The molecule has 8 nitrogen and oxygen atoms in total. The lowest BCUT2D eigenvalue weighted by molar-refractivity contribution is -0.119. The molecule has 1 amide bonds. The van der Waals surface area contributed by atoms with E-state index in [2.05, 4.69) is 10.4 Å². The van der Waals surface area contributed by atoms with Gasteiger partial charge in [0.05, 0.1) is 32.0 Å². The van der Waals surface area contributed by atoms with Crippen molar-refractivity contribution in [1.29, 1.82) is 0 Å². The summed E-state index contributed by atoms with van der Waals surface area (Å²) in [5, 5.41) is 7.49. The van der Waals surface area contributed by atoms with E-state index in [4.69, 9.17) is 25.8 Å². The van der Waals surface area contributed by atoms with E-state index in [-0.39, 0.29) is 5.56 Å². The van der Waals surface area contributed by atoms with Crippen LogP contribution in [0.2, 0.25) is 5.02 Å². The third-order valence-corrected chi connectivity index (χ3v) is 4.66. The molecule has 3 rings (SSSR count). The summed E-state index contributed by atoms with van der Waals surface area (Å²) in [5.41, 5.74) is 1.11. The van der Waals surface area contributed by atoms with E-state index >= 15 is 0 Å². The van der Waals surface area contributed by atoms with Crippen molar-refractivity contribution < 1.29 is 23.8 Å². The molecule has 1 N–H and O–H groups in total. The number of ether oxygens (including phenoxy) is 3. The number of anilines is 1. The summed E-state index contributed by atoms with van der Waals surface area (Å²) in [6.45, 7) is 2.24. The molecule has 1 heterocycles. The van der Waals surface area contributed by atoms with Gasteiger partial charge in [0.15, 0.2) is 18.1 Å². The van der Waals surface area contributed by atoms with Crippen LogP contribution in [0.1, 0.15) is 22.8 Å². The Bertz CT molecular complexity index is 1070. The number of halogens is 1. The number of nitrogens with zero attached hydrogens (tertiary/aromatic N) is 2. The number of aromatic nitrogens is 2. The molecular weight excluding hydrogens is 422 g/mol. The first-order valence-electron chi connectivity index (χ1n) is 9.54. The number of benzene rings is 2. The van der Waals surface area contributed by atoms with E-state index in [0.29, 0.717) is 35.5 Å². The lowest BCUT2D eigenvalue weighted by atomic mass is 10.2. The van der Waals surface area contributed by atoms with Gasteiger partial charge in [-0.15, -0.1) is 0 Å². The first kappa shape index (κ1) is 22.2. The summed E-state index contributed by atoms with van der Waals surface area (Å²) in [5.74, 6) is 0.243. The summed E-state index contributed by atoms with van der Waals surface area (Å²) in [6.07, 6.45) is 1.56. The molecule has 162 valence electrons. The van der Waals surface area contributed by atoms with Crippen molar-refractivity contribution in [3.63, 3.8) is 0 Å². The summed E-state index contributed by atoms with van der Waals surface area (Å²) in [4.78, 5) is 24.6. The zero-order valence-corrected chi connectivity index (χ0v) is 17.9.